The Morgan fingerprint density at radius 2 is 1.73 bits per heavy atom. The van der Waals surface area contributed by atoms with Gasteiger partial charge in [-0.15, -0.1) is 0 Å². The van der Waals surface area contributed by atoms with E-state index in [4.69, 9.17) is 27.9 Å². The third-order valence-electron chi connectivity index (χ3n) is 5.79. The largest absolute Gasteiger partial charge is 0.494 e. The van der Waals surface area contributed by atoms with Gasteiger partial charge in [-0.1, -0.05) is 65.7 Å². The van der Waals surface area contributed by atoms with Crippen molar-refractivity contribution < 1.29 is 9.53 Å². The number of amides is 1. The molecule has 1 aromatic heterocycles. The first kappa shape index (κ1) is 21.6. The van der Waals surface area contributed by atoms with Gasteiger partial charge in [-0.2, -0.15) is 5.10 Å². The summed E-state index contributed by atoms with van der Waals surface area (Å²) in [6.45, 7) is 2.91. The fraction of sp³-hybridized carbons (Fsp3) is 0.154. The van der Waals surface area contributed by atoms with Crippen molar-refractivity contribution in [2.24, 2.45) is 0 Å². The second-order valence-electron chi connectivity index (χ2n) is 7.80. The van der Waals surface area contributed by atoms with Crippen molar-refractivity contribution >= 4 is 29.1 Å². The number of hydrogen-bond donors (Lipinski definition) is 1. The van der Waals surface area contributed by atoms with Crippen LogP contribution in [0.4, 0.5) is 0 Å². The van der Waals surface area contributed by atoms with Crippen molar-refractivity contribution in [1.82, 2.24) is 15.1 Å². The molecule has 0 saturated carbocycles. The third kappa shape index (κ3) is 3.99. The highest BCUT2D eigenvalue weighted by Gasteiger charge is 2.42. The maximum absolute atomic E-state index is 13.5. The lowest BCUT2D eigenvalue weighted by atomic mass is 9.96. The quantitative estimate of drug-likeness (QED) is 0.343. The van der Waals surface area contributed by atoms with Crippen molar-refractivity contribution in [3.05, 3.63) is 105 Å². The summed E-state index contributed by atoms with van der Waals surface area (Å²) in [6.07, 6.45) is 0. The van der Waals surface area contributed by atoms with Gasteiger partial charge < -0.3 is 9.64 Å². The molecule has 2 heterocycles. The number of carbonyl (C=O) groups is 1. The highest BCUT2D eigenvalue weighted by Crippen LogP contribution is 2.44. The van der Waals surface area contributed by atoms with Crippen LogP contribution in [0.1, 0.15) is 40.1 Å². The average Bonchev–Trinajstić information content (AvgIpc) is 3.36. The Balaban J connectivity index is 1.62. The van der Waals surface area contributed by atoms with E-state index in [0.717, 1.165) is 33.7 Å². The molecular formula is C26H21Cl2N3O2. The van der Waals surface area contributed by atoms with Gasteiger partial charge >= 0.3 is 0 Å². The number of ether oxygens (including phenoxy) is 1. The first-order valence-electron chi connectivity index (χ1n) is 10.7. The monoisotopic (exact) mass is 477 g/mol. The summed E-state index contributed by atoms with van der Waals surface area (Å²) >= 11 is 12.5. The van der Waals surface area contributed by atoms with Gasteiger partial charge in [-0.25, -0.2) is 0 Å². The summed E-state index contributed by atoms with van der Waals surface area (Å²) in [5, 5.41) is 8.75. The van der Waals surface area contributed by atoms with Gasteiger partial charge in [0, 0.05) is 27.7 Å². The molecule has 3 aromatic carbocycles. The fourth-order valence-electron chi connectivity index (χ4n) is 4.26. The first-order chi connectivity index (χ1) is 16.1. The molecule has 1 aliphatic heterocycles. The van der Waals surface area contributed by atoms with Crippen LogP contribution in [-0.2, 0) is 6.54 Å². The molecular weight excluding hydrogens is 457 g/mol. The zero-order chi connectivity index (χ0) is 22.9. The maximum atomic E-state index is 13.5. The number of halogens is 2. The number of H-pyrrole nitrogens is 1. The number of nitrogens with zero attached hydrogens (tertiary/aromatic N) is 2. The molecule has 5 nitrogen and oxygen atoms in total. The lowest BCUT2D eigenvalue weighted by Crippen LogP contribution is -2.29. The van der Waals surface area contributed by atoms with Crippen molar-refractivity contribution in [3.63, 3.8) is 0 Å². The minimum atomic E-state index is -0.330. The number of hydrogen-bond acceptors (Lipinski definition) is 3. The molecule has 1 aliphatic rings. The van der Waals surface area contributed by atoms with Crippen LogP contribution in [-0.4, -0.2) is 27.6 Å². The molecule has 0 radical (unpaired) electrons. The lowest BCUT2D eigenvalue weighted by Gasteiger charge is -2.27. The maximum Gasteiger partial charge on any atom is 0.273 e. The zero-order valence-electron chi connectivity index (χ0n) is 17.9. The van der Waals surface area contributed by atoms with E-state index in [1.165, 1.54) is 0 Å². The van der Waals surface area contributed by atoms with Crippen LogP contribution in [0.15, 0.2) is 72.8 Å². The molecule has 5 rings (SSSR count). The average molecular weight is 478 g/mol. The third-order valence-corrected chi connectivity index (χ3v) is 6.41. The standard InChI is InChI=1S/C26H21Cl2N3O2/c1-2-33-20-13-9-17(10-14-20)25-22-23(16-7-11-19(27)12-8-16)29-30-24(22)26(32)31(25)15-18-5-3-4-6-21(18)28/h3-14,25H,2,15H2,1H3,(H,29,30). The number of aromatic amines is 1. The van der Waals surface area contributed by atoms with E-state index in [9.17, 15) is 4.79 Å². The molecule has 0 saturated heterocycles. The molecule has 7 heteroatoms. The van der Waals surface area contributed by atoms with E-state index in [1.807, 2.05) is 84.6 Å². The number of benzene rings is 3. The van der Waals surface area contributed by atoms with Crippen molar-refractivity contribution in [2.75, 3.05) is 6.61 Å². The minimum absolute atomic E-state index is 0.114. The molecule has 4 aromatic rings. The van der Waals surface area contributed by atoms with E-state index in [1.54, 1.807) is 0 Å². The predicted octanol–water partition coefficient (Wildman–Crippen LogP) is 6.53. The number of nitrogens with one attached hydrogen (secondary N) is 1. The summed E-state index contributed by atoms with van der Waals surface area (Å²) < 4.78 is 5.61. The SMILES string of the molecule is CCOc1ccc(C2c3c(-c4ccc(Cl)cc4)n[nH]c3C(=O)N2Cc2ccccc2Cl)cc1. The molecule has 1 atom stereocenters. The summed E-state index contributed by atoms with van der Waals surface area (Å²) in [4.78, 5) is 15.4. The molecule has 1 unspecified atom stereocenters. The molecule has 0 aliphatic carbocycles. The Morgan fingerprint density at radius 1 is 1.00 bits per heavy atom. The number of carbonyl (C=O) groups excluding carboxylic acids is 1. The number of aromatic nitrogens is 2. The van der Waals surface area contributed by atoms with Crippen LogP contribution in [0.3, 0.4) is 0 Å². The van der Waals surface area contributed by atoms with Crippen LogP contribution >= 0.6 is 23.2 Å². The van der Waals surface area contributed by atoms with Crippen molar-refractivity contribution in [1.29, 1.82) is 0 Å². The normalized spacial score (nSPS) is 15.1. The van der Waals surface area contributed by atoms with E-state index < -0.39 is 0 Å². The Morgan fingerprint density at radius 3 is 2.42 bits per heavy atom. The second kappa shape index (κ2) is 8.93. The molecule has 0 fully saturated rings. The molecule has 33 heavy (non-hydrogen) atoms. The second-order valence-corrected chi connectivity index (χ2v) is 8.64. The van der Waals surface area contributed by atoms with Crippen molar-refractivity contribution in [3.8, 4) is 17.0 Å². The van der Waals surface area contributed by atoms with E-state index in [2.05, 4.69) is 10.2 Å². The van der Waals surface area contributed by atoms with Crippen LogP contribution in [0.2, 0.25) is 10.0 Å². The van der Waals surface area contributed by atoms with E-state index in [0.29, 0.717) is 28.9 Å². The van der Waals surface area contributed by atoms with Gasteiger partial charge in [-0.05, 0) is 48.4 Å². The Hall–Kier alpha value is -3.28. The fourth-order valence-corrected chi connectivity index (χ4v) is 4.58. The molecule has 1 N–H and O–H groups in total. The van der Waals surface area contributed by atoms with Gasteiger partial charge in [-0.3, -0.25) is 9.89 Å². The predicted molar refractivity (Wildman–Crippen MR) is 130 cm³/mol. The highest BCUT2D eigenvalue weighted by molar-refractivity contribution is 6.31. The smallest absolute Gasteiger partial charge is 0.273 e. The van der Waals surface area contributed by atoms with Gasteiger partial charge in [0.25, 0.3) is 5.91 Å². The summed E-state index contributed by atoms with van der Waals surface area (Å²) in [5.74, 6) is 0.671. The molecule has 166 valence electrons. The van der Waals surface area contributed by atoms with Gasteiger partial charge in [0.1, 0.15) is 11.4 Å². The van der Waals surface area contributed by atoms with Crippen LogP contribution in [0, 0.1) is 0 Å². The molecule has 0 bridgehead atoms. The van der Waals surface area contributed by atoms with Gasteiger partial charge in [0.15, 0.2) is 0 Å². The van der Waals surface area contributed by atoms with Gasteiger partial charge in [0.2, 0.25) is 0 Å². The molecule has 0 spiro atoms. The topological polar surface area (TPSA) is 58.2 Å². The van der Waals surface area contributed by atoms with E-state index >= 15 is 0 Å². The van der Waals surface area contributed by atoms with Crippen LogP contribution < -0.4 is 4.74 Å². The minimum Gasteiger partial charge on any atom is -0.494 e. The van der Waals surface area contributed by atoms with Crippen LogP contribution in [0.5, 0.6) is 5.75 Å². The molecule has 1 amide bonds. The van der Waals surface area contributed by atoms with Crippen LogP contribution in [0.25, 0.3) is 11.3 Å². The Labute approximate surface area is 201 Å². The lowest BCUT2D eigenvalue weighted by molar-refractivity contribution is 0.0730. The van der Waals surface area contributed by atoms with Gasteiger partial charge in [0.05, 0.1) is 18.3 Å². The summed E-state index contributed by atoms with van der Waals surface area (Å²) in [5.41, 5.74) is 4.81. The number of rotatable bonds is 6. The summed E-state index contributed by atoms with van der Waals surface area (Å²) in [6, 6.07) is 22.6. The Bertz CT molecular complexity index is 1300. The number of fused-ring (bicyclic) bond motifs is 1. The Kier molecular flexibility index (Phi) is 5.83. The zero-order valence-corrected chi connectivity index (χ0v) is 19.4. The van der Waals surface area contributed by atoms with E-state index in [-0.39, 0.29) is 11.9 Å². The first-order valence-corrected chi connectivity index (χ1v) is 11.4. The summed E-state index contributed by atoms with van der Waals surface area (Å²) in [7, 11) is 0. The van der Waals surface area contributed by atoms with Crippen molar-refractivity contribution in [2.45, 2.75) is 19.5 Å². The highest BCUT2D eigenvalue weighted by atomic mass is 35.5.